The van der Waals surface area contributed by atoms with Crippen LogP contribution in [-0.2, 0) is 15.1 Å². The Morgan fingerprint density at radius 2 is 2.07 bits per heavy atom. The van der Waals surface area contributed by atoms with Gasteiger partial charge in [-0.05, 0) is 24.6 Å². The number of amidine groups is 1. The van der Waals surface area contributed by atoms with E-state index in [0.29, 0.717) is 47.4 Å². The van der Waals surface area contributed by atoms with Crippen LogP contribution >= 0.6 is 11.3 Å². The molecule has 0 aliphatic carbocycles. The molecular weight excluding hydrogens is 393 g/mol. The van der Waals surface area contributed by atoms with Crippen molar-refractivity contribution in [3.63, 3.8) is 0 Å². The quantitative estimate of drug-likeness (QED) is 0.774. The molecule has 1 fully saturated rings. The predicted octanol–water partition coefficient (Wildman–Crippen LogP) is 1.62. The Balaban J connectivity index is 1.83. The van der Waals surface area contributed by atoms with Crippen LogP contribution < -0.4 is 11.1 Å². The number of primary amides is 1. The highest BCUT2D eigenvalue weighted by atomic mass is 32.1. The van der Waals surface area contributed by atoms with E-state index in [9.17, 15) is 9.18 Å². The highest BCUT2D eigenvalue weighted by molar-refractivity contribution is 7.11. The van der Waals surface area contributed by atoms with E-state index in [-0.39, 0.29) is 5.82 Å². The number of amides is 1. The number of morpholine rings is 1. The number of benzene rings is 1. The zero-order chi connectivity index (χ0) is 20.4. The monoisotopic (exact) mass is 415 g/mol. The summed E-state index contributed by atoms with van der Waals surface area (Å²) in [7, 11) is 0. The van der Waals surface area contributed by atoms with Crippen molar-refractivity contribution in [2.75, 3.05) is 32.8 Å². The largest absolute Gasteiger partial charge is 0.379 e. The van der Waals surface area contributed by atoms with Crippen molar-refractivity contribution in [2.45, 2.75) is 12.5 Å². The van der Waals surface area contributed by atoms with Crippen LogP contribution in [0.3, 0.4) is 0 Å². The van der Waals surface area contributed by atoms with Crippen molar-refractivity contribution in [3.8, 4) is 0 Å². The molecule has 1 saturated heterocycles. The zero-order valence-electron chi connectivity index (χ0n) is 16.0. The number of thiazole rings is 1. The number of ether oxygens (including phenoxy) is 1. The number of nitrogens with zero attached hydrogens (tertiary/aromatic N) is 3. The van der Waals surface area contributed by atoms with Gasteiger partial charge in [0.15, 0.2) is 10.8 Å². The second-order valence-corrected chi connectivity index (χ2v) is 8.00. The van der Waals surface area contributed by atoms with Crippen LogP contribution in [0.2, 0.25) is 0 Å². The summed E-state index contributed by atoms with van der Waals surface area (Å²) in [6, 6.07) is 6.00. The van der Waals surface area contributed by atoms with Crippen LogP contribution in [0, 0.1) is 5.82 Å². The van der Waals surface area contributed by atoms with Crippen LogP contribution in [0.1, 0.15) is 17.5 Å². The van der Waals surface area contributed by atoms with E-state index >= 15 is 0 Å². The van der Waals surface area contributed by atoms with Gasteiger partial charge in [0.2, 0.25) is 5.91 Å². The number of hydrogen-bond donors (Lipinski definition) is 2. The summed E-state index contributed by atoms with van der Waals surface area (Å²) in [4.78, 5) is 24.0. The first-order valence-corrected chi connectivity index (χ1v) is 10.2. The van der Waals surface area contributed by atoms with Crippen LogP contribution in [0.5, 0.6) is 0 Å². The summed E-state index contributed by atoms with van der Waals surface area (Å²) >= 11 is 1.45. The standard InChI is InChI=1S/C20H22FN5O2S/c1-20(13-2-4-14(21)5-3-13)16(17(22)27)15(12-26-7-9-28-10-8-26)24-18(25-20)19-23-6-11-29-19/h2-6,11H,7-10,12H2,1H3,(H2,22,27)(H,24,25). The highest BCUT2D eigenvalue weighted by Gasteiger charge is 2.41. The highest BCUT2D eigenvalue weighted by Crippen LogP contribution is 2.38. The molecule has 0 saturated carbocycles. The second-order valence-electron chi connectivity index (χ2n) is 7.11. The van der Waals surface area contributed by atoms with Crippen molar-refractivity contribution < 1.29 is 13.9 Å². The van der Waals surface area contributed by atoms with Crippen LogP contribution in [0.25, 0.3) is 0 Å². The number of hydrogen-bond acceptors (Lipinski definition) is 7. The van der Waals surface area contributed by atoms with Crippen molar-refractivity contribution in [1.82, 2.24) is 15.2 Å². The number of halogens is 1. The third-order valence-corrected chi connectivity index (χ3v) is 5.95. The molecule has 29 heavy (non-hydrogen) atoms. The number of rotatable bonds is 5. The number of carbonyl (C=O) groups excluding carboxylic acids is 1. The van der Waals surface area contributed by atoms with Gasteiger partial charge in [-0.3, -0.25) is 9.69 Å². The van der Waals surface area contributed by atoms with E-state index in [4.69, 9.17) is 15.5 Å². The summed E-state index contributed by atoms with van der Waals surface area (Å²) < 4.78 is 19.0. The normalized spacial score (nSPS) is 22.9. The van der Waals surface area contributed by atoms with Gasteiger partial charge >= 0.3 is 0 Å². The minimum absolute atomic E-state index is 0.353. The number of aliphatic imine (C=N–C) groups is 1. The van der Waals surface area contributed by atoms with Gasteiger partial charge in [0, 0.05) is 36.9 Å². The Bertz CT molecular complexity index is 952. The van der Waals surface area contributed by atoms with E-state index in [0.717, 1.165) is 13.1 Å². The first-order chi connectivity index (χ1) is 14.0. The molecule has 2 aliphatic rings. The Labute approximate surface area is 172 Å². The topological polar surface area (TPSA) is 92.8 Å². The summed E-state index contributed by atoms with van der Waals surface area (Å²) in [5, 5.41) is 5.87. The smallest absolute Gasteiger partial charge is 0.249 e. The summed E-state index contributed by atoms with van der Waals surface area (Å²) in [6.45, 7) is 5.13. The van der Waals surface area contributed by atoms with E-state index in [2.05, 4.69) is 15.2 Å². The van der Waals surface area contributed by atoms with Gasteiger partial charge in [-0.2, -0.15) is 0 Å². The fourth-order valence-electron chi connectivity index (χ4n) is 3.72. The molecule has 152 valence electrons. The molecule has 1 amide bonds. The average molecular weight is 415 g/mol. The molecule has 4 rings (SSSR count). The fourth-order valence-corrected chi connectivity index (χ4v) is 4.30. The molecule has 0 radical (unpaired) electrons. The van der Waals surface area contributed by atoms with Gasteiger partial charge in [0.1, 0.15) is 11.4 Å². The number of nitrogens with one attached hydrogen (secondary N) is 1. The molecule has 0 spiro atoms. The van der Waals surface area contributed by atoms with Crippen molar-refractivity contribution >= 4 is 23.1 Å². The molecular formula is C20H22FN5O2S. The molecule has 3 N–H and O–H groups in total. The molecule has 0 bridgehead atoms. The van der Waals surface area contributed by atoms with E-state index in [1.807, 2.05) is 12.3 Å². The minimum atomic E-state index is -1.06. The van der Waals surface area contributed by atoms with Crippen LogP contribution in [0.15, 0.2) is 52.1 Å². The number of carbonyl (C=O) groups is 1. The fraction of sp³-hybridized carbons (Fsp3) is 0.350. The van der Waals surface area contributed by atoms with Gasteiger partial charge in [-0.25, -0.2) is 14.4 Å². The van der Waals surface area contributed by atoms with Crippen molar-refractivity contribution in [1.29, 1.82) is 0 Å². The maximum Gasteiger partial charge on any atom is 0.249 e. The Morgan fingerprint density at radius 1 is 1.34 bits per heavy atom. The maximum atomic E-state index is 13.5. The van der Waals surface area contributed by atoms with E-state index < -0.39 is 11.4 Å². The summed E-state index contributed by atoms with van der Waals surface area (Å²) in [6.07, 6.45) is 1.70. The lowest BCUT2D eigenvalue weighted by molar-refractivity contribution is -0.115. The van der Waals surface area contributed by atoms with Gasteiger partial charge < -0.3 is 15.8 Å². The minimum Gasteiger partial charge on any atom is -0.379 e. The first-order valence-electron chi connectivity index (χ1n) is 9.33. The lowest BCUT2D eigenvalue weighted by Crippen LogP contribution is -2.47. The molecule has 1 aromatic carbocycles. The zero-order valence-corrected chi connectivity index (χ0v) is 16.8. The third-order valence-electron chi connectivity index (χ3n) is 5.17. The Kier molecular flexibility index (Phi) is 5.44. The molecule has 1 atom stereocenters. The number of nitrogens with two attached hydrogens (primary N) is 1. The van der Waals surface area contributed by atoms with Crippen molar-refractivity contribution in [2.24, 2.45) is 10.7 Å². The molecule has 2 aromatic rings. The van der Waals surface area contributed by atoms with Crippen LogP contribution in [-0.4, -0.2) is 54.5 Å². The Morgan fingerprint density at radius 3 is 2.69 bits per heavy atom. The van der Waals surface area contributed by atoms with E-state index in [1.165, 1.54) is 23.5 Å². The summed E-state index contributed by atoms with van der Waals surface area (Å²) in [5.41, 5.74) is 6.51. The maximum absolute atomic E-state index is 13.5. The average Bonchev–Trinajstić information content (AvgIpc) is 3.23. The summed E-state index contributed by atoms with van der Waals surface area (Å²) in [5.74, 6) is -0.344. The molecule has 3 heterocycles. The van der Waals surface area contributed by atoms with Gasteiger partial charge in [0.25, 0.3) is 0 Å². The predicted molar refractivity (Wildman–Crippen MR) is 109 cm³/mol. The lowest BCUT2D eigenvalue weighted by Gasteiger charge is -2.37. The van der Waals surface area contributed by atoms with Gasteiger partial charge in [-0.1, -0.05) is 12.1 Å². The van der Waals surface area contributed by atoms with Crippen LogP contribution in [0.4, 0.5) is 4.39 Å². The molecule has 7 nitrogen and oxygen atoms in total. The first kappa shape index (κ1) is 19.7. The molecule has 1 aromatic heterocycles. The number of aromatic nitrogens is 1. The second kappa shape index (κ2) is 8.02. The molecule has 2 aliphatic heterocycles. The molecule has 1 unspecified atom stereocenters. The van der Waals surface area contributed by atoms with Gasteiger partial charge in [0.05, 0.1) is 18.8 Å². The Hall–Kier alpha value is -2.62. The lowest BCUT2D eigenvalue weighted by atomic mass is 9.81. The van der Waals surface area contributed by atoms with Crippen molar-refractivity contribution in [3.05, 3.63) is 63.5 Å². The van der Waals surface area contributed by atoms with E-state index in [1.54, 1.807) is 18.3 Å². The van der Waals surface area contributed by atoms with Gasteiger partial charge in [-0.15, -0.1) is 11.3 Å². The SMILES string of the molecule is CC1(c2ccc(F)cc2)N=C(c2nccs2)NC(CN2CCOCC2)=C1C(N)=O. The third kappa shape index (κ3) is 3.93. The molecule has 9 heteroatoms.